The van der Waals surface area contributed by atoms with E-state index in [1.165, 1.54) is 38.9 Å². The maximum atomic E-state index is 5.46. The Balaban J connectivity index is 0.00000420. The van der Waals surface area contributed by atoms with E-state index in [1.54, 1.807) is 14.2 Å². The lowest BCUT2D eigenvalue weighted by molar-refractivity contribution is 0.189. The zero-order valence-corrected chi connectivity index (χ0v) is 20.8. The fourth-order valence-corrected chi connectivity index (χ4v) is 3.44. The van der Waals surface area contributed by atoms with Gasteiger partial charge in [0.05, 0.1) is 20.8 Å². The standard InChI is InChI=1S/C22H38N4O2.HI/c1-5-23-22(24-12-6-7-13-26-14-10-18(2)11-15-26)25-17-19-8-9-20(27-3)16-21(19)28-4;/h8-9,16,18H,5-7,10-15,17H2,1-4H3,(H2,23,24,25);1H. The summed E-state index contributed by atoms with van der Waals surface area (Å²) in [6, 6.07) is 5.84. The fraction of sp³-hybridized carbons (Fsp3) is 0.682. The maximum absolute atomic E-state index is 5.46. The average molecular weight is 518 g/mol. The second-order valence-corrected chi connectivity index (χ2v) is 7.53. The lowest BCUT2D eigenvalue weighted by Gasteiger charge is -2.30. The van der Waals surface area contributed by atoms with E-state index >= 15 is 0 Å². The van der Waals surface area contributed by atoms with Gasteiger partial charge in [-0.3, -0.25) is 0 Å². The number of nitrogens with zero attached hydrogens (tertiary/aromatic N) is 2. The number of piperidine rings is 1. The molecule has 0 unspecified atom stereocenters. The lowest BCUT2D eigenvalue weighted by Crippen LogP contribution is -2.38. The van der Waals surface area contributed by atoms with Crippen LogP contribution in [0, 0.1) is 5.92 Å². The van der Waals surface area contributed by atoms with Gasteiger partial charge in [-0.1, -0.05) is 6.92 Å². The van der Waals surface area contributed by atoms with Gasteiger partial charge in [0.2, 0.25) is 0 Å². The van der Waals surface area contributed by atoms with Crippen LogP contribution in [0.3, 0.4) is 0 Å². The Bertz CT molecular complexity index is 604. The van der Waals surface area contributed by atoms with Gasteiger partial charge >= 0.3 is 0 Å². The summed E-state index contributed by atoms with van der Waals surface area (Å²) in [7, 11) is 3.33. The van der Waals surface area contributed by atoms with Crippen molar-refractivity contribution in [1.82, 2.24) is 15.5 Å². The van der Waals surface area contributed by atoms with E-state index in [9.17, 15) is 0 Å². The van der Waals surface area contributed by atoms with E-state index in [-0.39, 0.29) is 24.0 Å². The first-order valence-corrected chi connectivity index (χ1v) is 10.6. The number of hydrogen-bond acceptors (Lipinski definition) is 4. The molecule has 0 atom stereocenters. The quantitative estimate of drug-likeness (QED) is 0.213. The Morgan fingerprint density at radius 2 is 1.90 bits per heavy atom. The lowest BCUT2D eigenvalue weighted by atomic mass is 9.99. The maximum Gasteiger partial charge on any atom is 0.191 e. The van der Waals surface area contributed by atoms with E-state index in [0.29, 0.717) is 6.54 Å². The Hall–Kier alpha value is -1.22. The van der Waals surface area contributed by atoms with Crippen LogP contribution in [-0.4, -0.2) is 57.8 Å². The third-order valence-corrected chi connectivity index (χ3v) is 5.32. The van der Waals surface area contributed by atoms with E-state index in [2.05, 4.69) is 29.4 Å². The van der Waals surface area contributed by atoms with Gasteiger partial charge in [0.1, 0.15) is 11.5 Å². The molecule has 1 saturated heterocycles. The van der Waals surface area contributed by atoms with Crippen molar-refractivity contribution in [2.75, 3.05) is 46.9 Å². The van der Waals surface area contributed by atoms with E-state index in [1.807, 2.05) is 18.2 Å². The first-order valence-electron chi connectivity index (χ1n) is 10.6. The highest BCUT2D eigenvalue weighted by atomic mass is 127. The molecule has 166 valence electrons. The number of hydrogen-bond donors (Lipinski definition) is 2. The molecule has 0 bridgehead atoms. The van der Waals surface area contributed by atoms with Crippen molar-refractivity contribution in [3.05, 3.63) is 23.8 Å². The molecule has 29 heavy (non-hydrogen) atoms. The summed E-state index contributed by atoms with van der Waals surface area (Å²) >= 11 is 0. The molecule has 0 saturated carbocycles. The zero-order chi connectivity index (χ0) is 20.2. The van der Waals surface area contributed by atoms with E-state index in [0.717, 1.165) is 48.5 Å². The second-order valence-electron chi connectivity index (χ2n) is 7.53. The Morgan fingerprint density at radius 1 is 1.14 bits per heavy atom. The highest BCUT2D eigenvalue weighted by molar-refractivity contribution is 14.0. The predicted octanol–water partition coefficient (Wildman–Crippen LogP) is 3.89. The molecule has 0 aliphatic carbocycles. The number of benzene rings is 1. The highest BCUT2D eigenvalue weighted by Crippen LogP contribution is 2.25. The van der Waals surface area contributed by atoms with Crippen LogP contribution in [0.4, 0.5) is 0 Å². The summed E-state index contributed by atoms with van der Waals surface area (Å²) in [5, 5.41) is 6.77. The molecule has 2 rings (SSSR count). The number of nitrogens with one attached hydrogen (secondary N) is 2. The van der Waals surface area contributed by atoms with Crippen LogP contribution in [0.2, 0.25) is 0 Å². The van der Waals surface area contributed by atoms with E-state index < -0.39 is 0 Å². The molecule has 1 aliphatic rings. The number of likely N-dealkylation sites (tertiary alicyclic amines) is 1. The Labute approximate surface area is 193 Å². The molecule has 1 aromatic carbocycles. The molecular formula is C22H39IN4O2. The molecule has 2 N–H and O–H groups in total. The molecule has 1 aliphatic heterocycles. The predicted molar refractivity (Wildman–Crippen MR) is 132 cm³/mol. The van der Waals surface area contributed by atoms with Gasteiger partial charge in [0.15, 0.2) is 5.96 Å². The number of unbranched alkanes of at least 4 members (excludes halogenated alkanes) is 1. The third kappa shape index (κ3) is 9.42. The first-order chi connectivity index (χ1) is 13.7. The molecule has 1 aromatic rings. The molecule has 7 heteroatoms. The first kappa shape index (κ1) is 25.8. The Morgan fingerprint density at radius 3 is 2.55 bits per heavy atom. The summed E-state index contributed by atoms with van der Waals surface area (Å²) in [5.74, 6) is 3.35. The summed E-state index contributed by atoms with van der Waals surface area (Å²) in [6.07, 6.45) is 5.09. The topological polar surface area (TPSA) is 58.1 Å². The monoisotopic (exact) mass is 518 g/mol. The smallest absolute Gasteiger partial charge is 0.191 e. The number of halogens is 1. The Kier molecular flexibility index (Phi) is 13.1. The zero-order valence-electron chi connectivity index (χ0n) is 18.5. The summed E-state index contributed by atoms with van der Waals surface area (Å²) in [4.78, 5) is 7.31. The van der Waals surface area contributed by atoms with Crippen molar-refractivity contribution < 1.29 is 9.47 Å². The van der Waals surface area contributed by atoms with Gasteiger partial charge in [-0.15, -0.1) is 24.0 Å². The van der Waals surface area contributed by atoms with E-state index in [4.69, 9.17) is 14.5 Å². The van der Waals surface area contributed by atoms with Crippen LogP contribution in [0.15, 0.2) is 23.2 Å². The van der Waals surface area contributed by atoms with Crippen molar-refractivity contribution in [3.63, 3.8) is 0 Å². The van der Waals surface area contributed by atoms with Gasteiger partial charge in [0.25, 0.3) is 0 Å². The van der Waals surface area contributed by atoms with Crippen molar-refractivity contribution >= 4 is 29.9 Å². The van der Waals surface area contributed by atoms with Crippen LogP contribution in [0.1, 0.15) is 45.1 Å². The number of guanidine groups is 1. The van der Waals surface area contributed by atoms with Crippen LogP contribution < -0.4 is 20.1 Å². The molecular weight excluding hydrogens is 479 g/mol. The van der Waals surface area contributed by atoms with Crippen LogP contribution in [0.5, 0.6) is 11.5 Å². The normalized spacial score (nSPS) is 15.5. The summed E-state index contributed by atoms with van der Waals surface area (Å²) in [6.45, 7) is 10.5. The van der Waals surface area contributed by atoms with Gasteiger partial charge in [-0.05, 0) is 70.3 Å². The molecule has 1 fully saturated rings. The average Bonchev–Trinajstić information content (AvgIpc) is 2.72. The fourth-order valence-electron chi connectivity index (χ4n) is 3.44. The second kappa shape index (κ2) is 14.7. The van der Waals surface area contributed by atoms with Gasteiger partial charge in [0, 0.05) is 24.7 Å². The molecule has 6 nitrogen and oxygen atoms in total. The number of aliphatic imine (C=N–C) groups is 1. The van der Waals surface area contributed by atoms with Gasteiger partial charge in [-0.25, -0.2) is 4.99 Å². The molecule has 0 aromatic heterocycles. The summed E-state index contributed by atoms with van der Waals surface area (Å²) < 4.78 is 10.7. The molecule has 1 heterocycles. The summed E-state index contributed by atoms with van der Waals surface area (Å²) in [5.41, 5.74) is 1.04. The SMILES string of the molecule is CCNC(=NCc1ccc(OC)cc1OC)NCCCCN1CCC(C)CC1.I. The minimum absolute atomic E-state index is 0. The third-order valence-electron chi connectivity index (χ3n) is 5.32. The van der Waals surface area contributed by atoms with Gasteiger partial charge in [-0.2, -0.15) is 0 Å². The van der Waals surface area contributed by atoms with Crippen molar-refractivity contribution in [3.8, 4) is 11.5 Å². The number of methoxy groups -OCH3 is 2. The largest absolute Gasteiger partial charge is 0.497 e. The van der Waals surface area contributed by atoms with Crippen LogP contribution in [0.25, 0.3) is 0 Å². The van der Waals surface area contributed by atoms with Crippen LogP contribution in [-0.2, 0) is 6.54 Å². The minimum atomic E-state index is 0. The van der Waals surface area contributed by atoms with Crippen LogP contribution >= 0.6 is 24.0 Å². The van der Waals surface area contributed by atoms with Crippen molar-refractivity contribution in [2.45, 2.75) is 46.1 Å². The number of ether oxygens (including phenoxy) is 2. The van der Waals surface area contributed by atoms with Crippen molar-refractivity contribution in [1.29, 1.82) is 0 Å². The number of rotatable bonds is 10. The van der Waals surface area contributed by atoms with Crippen molar-refractivity contribution in [2.24, 2.45) is 10.9 Å². The molecule has 0 amide bonds. The molecule has 0 radical (unpaired) electrons. The van der Waals surface area contributed by atoms with Gasteiger partial charge < -0.3 is 25.0 Å². The highest BCUT2D eigenvalue weighted by Gasteiger charge is 2.14. The minimum Gasteiger partial charge on any atom is -0.497 e. The molecule has 0 spiro atoms.